The summed E-state index contributed by atoms with van der Waals surface area (Å²) in [6, 6.07) is 9.52. The molecule has 8 nitrogen and oxygen atoms in total. The number of carbonyl (C=O) groups excluding carboxylic acids is 2. The number of rotatable bonds is 8. The molecule has 1 amide bonds. The van der Waals surface area contributed by atoms with E-state index >= 15 is 0 Å². The Bertz CT molecular complexity index is 929. The summed E-state index contributed by atoms with van der Waals surface area (Å²) in [7, 11) is -3.72. The average Bonchev–Trinajstić information content (AvgIpc) is 3.03. The van der Waals surface area contributed by atoms with Crippen LogP contribution in [0.15, 0.2) is 51.8 Å². The lowest BCUT2D eigenvalue weighted by Crippen LogP contribution is -2.30. The second-order valence-electron chi connectivity index (χ2n) is 5.68. The fraction of sp³-hybridized carbons (Fsp3) is 0.222. The molecule has 1 heterocycles. The third-order valence-corrected chi connectivity index (χ3v) is 4.41. The number of esters is 1. The van der Waals surface area contributed by atoms with Gasteiger partial charge in [0.15, 0.2) is 6.61 Å². The molecule has 0 fully saturated rings. The van der Waals surface area contributed by atoms with Gasteiger partial charge in [0.25, 0.3) is 5.91 Å². The van der Waals surface area contributed by atoms with Crippen molar-refractivity contribution in [1.82, 2.24) is 5.32 Å². The topological polar surface area (TPSA) is 129 Å². The molecule has 0 radical (unpaired) electrons. The van der Waals surface area contributed by atoms with Gasteiger partial charge in [-0.15, -0.1) is 0 Å². The molecule has 144 valence electrons. The quantitative estimate of drug-likeness (QED) is 0.512. The van der Waals surface area contributed by atoms with Gasteiger partial charge in [0.1, 0.15) is 11.5 Å². The van der Waals surface area contributed by atoms with Crippen LogP contribution in [0.25, 0.3) is 6.08 Å². The van der Waals surface area contributed by atoms with Gasteiger partial charge in [0.05, 0.1) is 4.90 Å². The van der Waals surface area contributed by atoms with Crippen LogP contribution in [0.3, 0.4) is 0 Å². The van der Waals surface area contributed by atoms with E-state index in [0.717, 1.165) is 11.3 Å². The molecule has 0 spiro atoms. The molecular formula is C18H20N2O6S. The van der Waals surface area contributed by atoms with E-state index < -0.39 is 28.5 Å². The zero-order chi connectivity index (χ0) is 19.9. The Labute approximate surface area is 157 Å². The standard InChI is InChI=1S/C18H20N2O6S/c1-13-2-5-15(26-13)6-9-18(22)25-12-17(21)20-11-10-14-3-7-16(8-4-14)27(19,23)24/h2-9H,10-12H2,1H3,(H,20,21)(H2,19,23,24). The first-order valence-electron chi connectivity index (χ1n) is 8.04. The van der Waals surface area contributed by atoms with Crippen LogP contribution < -0.4 is 10.5 Å². The largest absolute Gasteiger partial charge is 0.462 e. The van der Waals surface area contributed by atoms with Crippen LogP contribution in [0, 0.1) is 6.92 Å². The SMILES string of the molecule is Cc1ccc(C=CC(=O)OCC(=O)NCCc2ccc(S(N)(=O)=O)cc2)o1. The molecule has 27 heavy (non-hydrogen) atoms. The molecule has 9 heteroatoms. The minimum Gasteiger partial charge on any atom is -0.462 e. The van der Waals surface area contributed by atoms with E-state index in [1.807, 2.05) is 0 Å². The van der Waals surface area contributed by atoms with Gasteiger partial charge >= 0.3 is 5.97 Å². The zero-order valence-electron chi connectivity index (χ0n) is 14.7. The van der Waals surface area contributed by atoms with Crippen LogP contribution in [-0.2, 0) is 30.8 Å². The minimum atomic E-state index is -3.72. The maximum atomic E-state index is 11.7. The molecule has 0 saturated carbocycles. The molecule has 0 aliphatic rings. The first-order valence-corrected chi connectivity index (χ1v) is 9.58. The first-order chi connectivity index (χ1) is 12.7. The number of benzene rings is 1. The molecule has 0 unspecified atom stereocenters. The van der Waals surface area contributed by atoms with Crippen molar-refractivity contribution in [2.24, 2.45) is 5.14 Å². The summed E-state index contributed by atoms with van der Waals surface area (Å²) in [6.45, 7) is 1.70. The molecule has 2 rings (SSSR count). The van der Waals surface area contributed by atoms with E-state index in [-0.39, 0.29) is 4.90 Å². The smallest absolute Gasteiger partial charge is 0.331 e. The van der Waals surface area contributed by atoms with Crippen molar-refractivity contribution in [3.8, 4) is 0 Å². The summed E-state index contributed by atoms with van der Waals surface area (Å²) in [5.41, 5.74) is 0.830. The van der Waals surface area contributed by atoms with Crippen molar-refractivity contribution in [2.45, 2.75) is 18.2 Å². The number of amides is 1. The van der Waals surface area contributed by atoms with Crippen molar-refractivity contribution >= 4 is 28.0 Å². The van der Waals surface area contributed by atoms with Gasteiger partial charge in [0, 0.05) is 12.6 Å². The van der Waals surface area contributed by atoms with Crippen LogP contribution in [0.5, 0.6) is 0 Å². The Kier molecular flexibility index (Phi) is 6.91. The molecule has 0 saturated heterocycles. The van der Waals surface area contributed by atoms with Crippen LogP contribution in [-0.4, -0.2) is 33.4 Å². The zero-order valence-corrected chi connectivity index (χ0v) is 15.5. The Morgan fingerprint density at radius 2 is 1.89 bits per heavy atom. The molecule has 3 N–H and O–H groups in total. The lowest BCUT2D eigenvalue weighted by atomic mass is 10.1. The van der Waals surface area contributed by atoms with E-state index in [1.165, 1.54) is 24.3 Å². The Hall–Kier alpha value is -2.91. The Morgan fingerprint density at radius 1 is 1.19 bits per heavy atom. The summed E-state index contributed by atoms with van der Waals surface area (Å²) < 4.78 is 32.4. The lowest BCUT2D eigenvalue weighted by molar-refractivity contribution is -0.143. The number of primary sulfonamides is 1. The summed E-state index contributed by atoms with van der Waals surface area (Å²) >= 11 is 0. The predicted molar refractivity (Wildman–Crippen MR) is 98.0 cm³/mol. The molecule has 0 atom stereocenters. The van der Waals surface area contributed by atoms with Gasteiger partial charge in [-0.3, -0.25) is 4.79 Å². The molecule has 0 aliphatic heterocycles. The summed E-state index contributed by atoms with van der Waals surface area (Å²) in [5.74, 6) is 0.147. The van der Waals surface area contributed by atoms with Crippen molar-refractivity contribution < 1.29 is 27.2 Å². The highest BCUT2D eigenvalue weighted by Crippen LogP contribution is 2.09. The second-order valence-corrected chi connectivity index (χ2v) is 7.24. The number of hydrogen-bond acceptors (Lipinski definition) is 6. The molecule has 0 bridgehead atoms. The average molecular weight is 392 g/mol. The number of aryl methyl sites for hydroxylation is 1. The Morgan fingerprint density at radius 3 is 2.48 bits per heavy atom. The fourth-order valence-electron chi connectivity index (χ4n) is 2.12. The van der Waals surface area contributed by atoms with E-state index in [0.29, 0.717) is 18.7 Å². The third-order valence-electron chi connectivity index (χ3n) is 3.48. The fourth-order valence-corrected chi connectivity index (χ4v) is 2.64. The monoisotopic (exact) mass is 392 g/mol. The maximum Gasteiger partial charge on any atom is 0.331 e. The van der Waals surface area contributed by atoms with E-state index in [4.69, 9.17) is 14.3 Å². The van der Waals surface area contributed by atoms with Gasteiger partial charge in [-0.25, -0.2) is 18.4 Å². The van der Waals surface area contributed by atoms with Gasteiger partial charge < -0.3 is 14.5 Å². The molecule has 1 aromatic heterocycles. The number of nitrogens with two attached hydrogens (primary N) is 1. The lowest BCUT2D eigenvalue weighted by Gasteiger charge is -2.06. The van der Waals surface area contributed by atoms with E-state index in [2.05, 4.69) is 5.32 Å². The van der Waals surface area contributed by atoms with Crippen molar-refractivity contribution in [3.05, 3.63) is 59.6 Å². The van der Waals surface area contributed by atoms with E-state index in [9.17, 15) is 18.0 Å². The number of sulfonamides is 1. The van der Waals surface area contributed by atoms with Crippen molar-refractivity contribution in [2.75, 3.05) is 13.2 Å². The van der Waals surface area contributed by atoms with Gasteiger partial charge in [-0.2, -0.15) is 0 Å². The van der Waals surface area contributed by atoms with Gasteiger partial charge in [0.2, 0.25) is 10.0 Å². The minimum absolute atomic E-state index is 0.0277. The summed E-state index contributed by atoms with van der Waals surface area (Å²) in [5, 5.41) is 7.63. The first kappa shape index (κ1) is 20.4. The van der Waals surface area contributed by atoms with Crippen molar-refractivity contribution in [1.29, 1.82) is 0 Å². The highest BCUT2D eigenvalue weighted by Gasteiger charge is 2.08. The van der Waals surface area contributed by atoms with Crippen LogP contribution in [0.4, 0.5) is 0 Å². The summed E-state index contributed by atoms with van der Waals surface area (Å²) in [6.07, 6.45) is 3.12. The maximum absolute atomic E-state index is 11.7. The van der Waals surface area contributed by atoms with Gasteiger partial charge in [-0.05, 0) is 49.2 Å². The molecule has 1 aromatic carbocycles. The number of carbonyl (C=O) groups is 2. The number of nitrogens with one attached hydrogen (secondary N) is 1. The highest BCUT2D eigenvalue weighted by atomic mass is 32.2. The molecule has 0 aliphatic carbocycles. The predicted octanol–water partition coefficient (Wildman–Crippen LogP) is 1.15. The number of ether oxygens (including phenoxy) is 1. The third kappa shape index (κ3) is 7.08. The molecular weight excluding hydrogens is 372 g/mol. The molecule has 2 aromatic rings. The van der Waals surface area contributed by atoms with Gasteiger partial charge in [-0.1, -0.05) is 12.1 Å². The summed E-state index contributed by atoms with van der Waals surface area (Å²) in [4.78, 5) is 23.2. The number of hydrogen-bond donors (Lipinski definition) is 2. The normalized spacial score (nSPS) is 11.5. The highest BCUT2D eigenvalue weighted by molar-refractivity contribution is 7.89. The number of furan rings is 1. The van der Waals surface area contributed by atoms with Crippen LogP contribution in [0.2, 0.25) is 0 Å². The van der Waals surface area contributed by atoms with E-state index in [1.54, 1.807) is 31.2 Å². The van der Waals surface area contributed by atoms with Crippen LogP contribution in [0.1, 0.15) is 17.1 Å². The van der Waals surface area contributed by atoms with Crippen molar-refractivity contribution in [3.63, 3.8) is 0 Å². The second kappa shape index (κ2) is 9.15. The Balaban J connectivity index is 1.68. The van der Waals surface area contributed by atoms with Crippen LogP contribution >= 0.6 is 0 Å².